The topological polar surface area (TPSA) is 21.3 Å². The normalized spacial score (nSPS) is 17.6. The number of hydrogen-bond acceptors (Lipinski definition) is 2. The summed E-state index contributed by atoms with van der Waals surface area (Å²) < 4.78 is 6.45. The number of methoxy groups -OCH3 is 1. The minimum Gasteiger partial charge on any atom is -0.497 e. The predicted molar refractivity (Wildman–Crippen MR) is 85.3 cm³/mol. The summed E-state index contributed by atoms with van der Waals surface area (Å²) in [5.74, 6) is 0.952. The van der Waals surface area contributed by atoms with Crippen LogP contribution in [0, 0.1) is 0 Å². The highest BCUT2D eigenvalue weighted by molar-refractivity contribution is 9.10. The van der Waals surface area contributed by atoms with Crippen LogP contribution in [0.15, 0.2) is 46.9 Å². The van der Waals surface area contributed by atoms with Crippen molar-refractivity contribution in [1.82, 2.24) is 5.32 Å². The fourth-order valence-corrected chi connectivity index (χ4v) is 3.06. The summed E-state index contributed by atoms with van der Waals surface area (Å²) in [6.45, 7) is 1.03. The standard InChI is InChI=1S/C17H18BrNO/c1-20-15-6-7-16-13(11-15)8-9-19-17(16)10-12-2-4-14(18)5-3-12/h2-7,11,17,19H,8-10H2,1H3/t17-/m1/s1. The summed E-state index contributed by atoms with van der Waals surface area (Å²) in [7, 11) is 1.72. The van der Waals surface area contributed by atoms with Gasteiger partial charge in [-0.1, -0.05) is 34.1 Å². The maximum Gasteiger partial charge on any atom is 0.119 e. The van der Waals surface area contributed by atoms with E-state index in [1.807, 2.05) is 0 Å². The summed E-state index contributed by atoms with van der Waals surface area (Å²) >= 11 is 3.48. The van der Waals surface area contributed by atoms with E-state index >= 15 is 0 Å². The molecule has 0 bridgehead atoms. The van der Waals surface area contributed by atoms with Gasteiger partial charge in [0.15, 0.2) is 0 Å². The molecular weight excluding hydrogens is 314 g/mol. The van der Waals surface area contributed by atoms with E-state index in [9.17, 15) is 0 Å². The highest BCUT2D eigenvalue weighted by atomic mass is 79.9. The molecule has 0 spiro atoms. The van der Waals surface area contributed by atoms with Crippen LogP contribution in [0.3, 0.4) is 0 Å². The van der Waals surface area contributed by atoms with Gasteiger partial charge in [0, 0.05) is 10.5 Å². The van der Waals surface area contributed by atoms with Gasteiger partial charge >= 0.3 is 0 Å². The lowest BCUT2D eigenvalue weighted by molar-refractivity contribution is 0.412. The van der Waals surface area contributed by atoms with Crippen molar-refractivity contribution in [2.24, 2.45) is 0 Å². The highest BCUT2D eigenvalue weighted by Gasteiger charge is 2.20. The highest BCUT2D eigenvalue weighted by Crippen LogP contribution is 2.29. The molecule has 0 unspecified atom stereocenters. The van der Waals surface area contributed by atoms with E-state index in [1.165, 1.54) is 16.7 Å². The van der Waals surface area contributed by atoms with E-state index in [-0.39, 0.29) is 0 Å². The maximum atomic E-state index is 5.32. The van der Waals surface area contributed by atoms with Gasteiger partial charge in [0.2, 0.25) is 0 Å². The van der Waals surface area contributed by atoms with Crippen LogP contribution < -0.4 is 10.1 Å². The Balaban J connectivity index is 1.84. The molecule has 20 heavy (non-hydrogen) atoms. The van der Waals surface area contributed by atoms with Crippen molar-refractivity contribution in [3.63, 3.8) is 0 Å². The van der Waals surface area contributed by atoms with Crippen LogP contribution in [0.25, 0.3) is 0 Å². The molecule has 2 nitrogen and oxygen atoms in total. The van der Waals surface area contributed by atoms with Gasteiger partial charge in [0.1, 0.15) is 5.75 Å². The number of benzene rings is 2. The second-order valence-corrected chi connectivity index (χ2v) is 6.07. The third-order valence-electron chi connectivity index (χ3n) is 3.86. The number of rotatable bonds is 3. The van der Waals surface area contributed by atoms with Crippen LogP contribution in [0.5, 0.6) is 5.75 Å². The number of hydrogen-bond donors (Lipinski definition) is 1. The lowest BCUT2D eigenvalue weighted by atomic mass is 9.90. The van der Waals surface area contributed by atoms with Crippen molar-refractivity contribution in [1.29, 1.82) is 0 Å². The second-order valence-electron chi connectivity index (χ2n) is 5.15. The van der Waals surface area contributed by atoms with Crippen LogP contribution in [0.1, 0.15) is 22.7 Å². The zero-order valence-corrected chi connectivity index (χ0v) is 13.1. The fraction of sp³-hybridized carbons (Fsp3) is 0.294. The molecule has 0 aromatic heterocycles. The van der Waals surface area contributed by atoms with Crippen molar-refractivity contribution < 1.29 is 4.74 Å². The number of halogens is 1. The molecule has 2 aromatic carbocycles. The monoisotopic (exact) mass is 331 g/mol. The molecule has 0 saturated heterocycles. The zero-order valence-electron chi connectivity index (χ0n) is 11.5. The molecule has 1 atom stereocenters. The van der Waals surface area contributed by atoms with E-state index in [0.717, 1.165) is 29.6 Å². The second kappa shape index (κ2) is 5.98. The fourth-order valence-electron chi connectivity index (χ4n) is 2.79. The van der Waals surface area contributed by atoms with Gasteiger partial charge in [-0.05, 0) is 60.3 Å². The van der Waals surface area contributed by atoms with Crippen LogP contribution in [0.2, 0.25) is 0 Å². The Morgan fingerprint density at radius 1 is 1.20 bits per heavy atom. The summed E-state index contributed by atoms with van der Waals surface area (Å²) in [5.41, 5.74) is 4.17. The quantitative estimate of drug-likeness (QED) is 0.921. The molecule has 1 aliphatic heterocycles. The van der Waals surface area contributed by atoms with E-state index in [2.05, 4.69) is 63.7 Å². The van der Waals surface area contributed by atoms with E-state index < -0.39 is 0 Å². The molecule has 0 fully saturated rings. The first kappa shape index (κ1) is 13.7. The molecule has 1 N–H and O–H groups in total. The van der Waals surface area contributed by atoms with Gasteiger partial charge in [0.25, 0.3) is 0 Å². The minimum absolute atomic E-state index is 0.394. The first-order valence-corrected chi connectivity index (χ1v) is 7.70. The lowest BCUT2D eigenvalue weighted by Gasteiger charge is -2.27. The first-order valence-electron chi connectivity index (χ1n) is 6.91. The molecule has 0 saturated carbocycles. The molecule has 104 valence electrons. The molecule has 1 heterocycles. The minimum atomic E-state index is 0.394. The molecule has 3 heteroatoms. The third-order valence-corrected chi connectivity index (χ3v) is 4.39. The first-order chi connectivity index (χ1) is 9.76. The molecule has 1 aliphatic rings. The predicted octanol–water partition coefficient (Wildman–Crippen LogP) is 3.89. The Morgan fingerprint density at radius 2 is 2.00 bits per heavy atom. The lowest BCUT2D eigenvalue weighted by Crippen LogP contribution is -2.31. The van der Waals surface area contributed by atoms with Crippen molar-refractivity contribution in [3.8, 4) is 5.75 Å². The van der Waals surface area contributed by atoms with Crippen molar-refractivity contribution in [2.75, 3.05) is 13.7 Å². The number of nitrogens with one attached hydrogen (secondary N) is 1. The third kappa shape index (κ3) is 2.89. The Bertz CT molecular complexity index is 594. The van der Waals surface area contributed by atoms with E-state index in [1.54, 1.807) is 7.11 Å². The summed E-state index contributed by atoms with van der Waals surface area (Å²) in [5, 5.41) is 3.62. The maximum absolute atomic E-state index is 5.32. The molecule has 0 aliphatic carbocycles. The smallest absolute Gasteiger partial charge is 0.119 e. The van der Waals surface area contributed by atoms with Gasteiger partial charge in [-0.2, -0.15) is 0 Å². The average molecular weight is 332 g/mol. The molecule has 3 rings (SSSR count). The van der Waals surface area contributed by atoms with Crippen molar-refractivity contribution in [2.45, 2.75) is 18.9 Å². The van der Waals surface area contributed by atoms with Gasteiger partial charge in [-0.15, -0.1) is 0 Å². The van der Waals surface area contributed by atoms with Crippen LogP contribution >= 0.6 is 15.9 Å². The number of ether oxygens (including phenoxy) is 1. The molecule has 0 amide bonds. The van der Waals surface area contributed by atoms with Gasteiger partial charge < -0.3 is 10.1 Å². The van der Waals surface area contributed by atoms with Crippen LogP contribution in [0.4, 0.5) is 0 Å². The SMILES string of the molecule is COc1ccc2c(c1)CCN[C@@H]2Cc1ccc(Br)cc1. The Labute approximate surface area is 128 Å². The van der Waals surface area contributed by atoms with Crippen LogP contribution in [-0.2, 0) is 12.8 Å². The Hall–Kier alpha value is -1.32. The Morgan fingerprint density at radius 3 is 2.75 bits per heavy atom. The van der Waals surface area contributed by atoms with Crippen molar-refractivity contribution >= 4 is 15.9 Å². The largest absolute Gasteiger partial charge is 0.497 e. The van der Waals surface area contributed by atoms with Crippen LogP contribution in [-0.4, -0.2) is 13.7 Å². The van der Waals surface area contributed by atoms with Gasteiger partial charge in [0.05, 0.1) is 7.11 Å². The summed E-state index contributed by atoms with van der Waals surface area (Å²) in [4.78, 5) is 0. The van der Waals surface area contributed by atoms with Crippen molar-refractivity contribution in [3.05, 3.63) is 63.6 Å². The average Bonchev–Trinajstić information content (AvgIpc) is 2.49. The van der Waals surface area contributed by atoms with E-state index in [4.69, 9.17) is 4.74 Å². The van der Waals surface area contributed by atoms with E-state index in [0.29, 0.717) is 6.04 Å². The van der Waals surface area contributed by atoms with Gasteiger partial charge in [-0.25, -0.2) is 0 Å². The summed E-state index contributed by atoms with van der Waals surface area (Å²) in [6, 6.07) is 15.4. The zero-order chi connectivity index (χ0) is 13.9. The Kier molecular flexibility index (Phi) is 4.08. The van der Waals surface area contributed by atoms with Gasteiger partial charge in [-0.3, -0.25) is 0 Å². The molecule has 0 radical (unpaired) electrons. The number of fused-ring (bicyclic) bond motifs is 1. The summed E-state index contributed by atoms with van der Waals surface area (Å²) in [6.07, 6.45) is 2.09. The molecular formula is C17H18BrNO. The molecule has 2 aromatic rings.